The summed E-state index contributed by atoms with van der Waals surface area (Å²) in [6, 6.07) is 7.41. The van der Waals surface area contributed by atoms with Gasteiger partial charge in [0.15, 0.2) is 5.78 Å². The van der Waals surface area contributed by atoms with Crippen molar-refractivity contribution in [2.24, 2.45) is 0 Å². The molecule has 18 heavy (non-hydrogen) atoms. The molecule has 0 unspecified atom stereocenters. The van der Waals surface area contributed by atoms with Gasteiger partial charge in [0, 0.05) is 5.56 Å². The second-order valence-corrected chi connectivity index (χ2v) is 5.25. The van der Waals surface area contributed by atoms with E-state index in [0.717, 1.165) is 17.1 Å². The molecule has 0 aliphatic carbocycles. The van der Waals surface area contributed by atoms with Crippen LogP contribution in [0.1, 0.15) is 43.5 Å². The maximum atomic E-state index is 11.9. The smallest absolute Gasteiger partial charge is 0.172 e. The average Bonchev–Trinajstić information content (AvgIpc) is 2.39. The monoisotopic (exact) mass is 266 g/mol. The van der Waals surface area contributed by atoms with E-state index < -0.39 is 0 Å². The van der Waals surface area contributed by atoms with E-state index in [1.807, 2.05) is 31.2 Å². The first-order chi connectivity index (χ1) is 8.77. The van der Waals surface area contributed by atoms with Crippen molar-refractivity contribution in [3.63, 3.8) is 0 Å². The van der Waals surface area contributed by atoms with Gasteiger partial charge in [-0.15, -0.1) is 0 Å². The average molecular weight is 266 g/mol. The Balaban J connectivity index is 2.32. The second kappa shape index (κ2) is 9.03. The van der Waals surface area contributed by atoms with Gasteiger partial charge in [0.05, 0.1) is 12.4 Å². The standard InChI is InChI=1S/C15H22O2S/c1-3-5-6-11-18-12-15(16)13-7-9-14(10-8-13)17-4-2/h7-10H,3-6,11-12H2,1-2H3. The number of Topliss-reactive ketones (excluding diaryl/α,β-unsaturated/α-hetero) is 1. The fourth-order valence-corrected chi connectivity index (χ4v) is 2.51. The molecule has 0 aromatic heterocycles. The first-order valence-electron chi connectivity index (χ1n) is 6.61. The molecular weight excluding hydrogens is 244 g/mol. The maximum Gasteiger partial charge on any atom is 0.172 e. The molecule has 0 aliphatic rings. The minimum atomic E-state index is 0.208. The Hall–Kier alpha value is -0.960. The minimum absolute atomic E-state index is 0.208. The van der Waals surface area contributed by atoms with E-state index in [4.69, 9.17) is 4.74 Å². The van der Waals surface area contributed by atoms with Crippen LogP contribution in [0.3, 0.4) is 0 Å². The molecule has 0 saturated carbocycles. The largest absolute Gasteiger partial charge is 0.494 e. The molecule has 0 radical (unpaired) electrons. The van der Waals surface area contributed by atoms with Crippen molar-refractivity contribution in [2.45, 2.75) is 33.1 Å². The van der Waals surface area contributed by atoms with Gasteiger partial charge in [0.25, 0.3) is 0 Å². The molecule has 3 heteroatoms. The molecule has 0 N–H and O–H groups in total. The number of rotatable bonds is 9. The molecule has 0 aliphatic heterocycles. The predicted octanol–water partition coefficient (Wildman–Crippen LogP) is 4.19. The van der Waals surface area contributed by atoms with Gasteiger partial charge < -0.3 is 4.74 Å². The lowest BCUT2D eigenvalue weighted by Gasteiger charge is -2.04. The first kappa shape index (κ1) is 15.1. The SMILES string of the molecule is CCCCCSCC(=O)c1ccc(OCC)cc1. The molecule has 1 aromatic rings. The first-order valence-corrected chi connectivity index (χ1v) is 7.77. The van der Waals surface area contributed by atoms with Crippen molar-refractivity contribution in [3.8, 4) is 5.75 Å². The van der Waals surface area contributed by atoms with Crippen LogP contribution in [-0.4, -0.2) is 23.9 Å². The van der Waals surface area contributed by atoms with E-state index in [-0.39, 0.29) is 5.78 Å². The lowest BCUT2D eigenvalue weighted by atomic mass is 10.1. The fraction of sp³-hybridized carbons (Fsp3) is 0.533. The lowest BCUT2D eigenvalue weighted by molar-refractivity contribution is 0.102. The van der Waals surface area contributed by atoms with Gasteiger partial charge in [0.2, 0.25) is 0 Å². The number of thioether (sulfide) groups is 1. The van der Waals surface area contributed by atoms with Crippen LogP contribution in [0.15, 0.2) is 24.3 Å². The van der Waals surface area contributed by atoms with Gasteiger partial charge >= 0.3 is 0 Å². The third-order valence-electron chi connectivity index (χ3n) is 2.61. The Morgan fingerprint density at radius 2 is 1.89 bits per heavy atom. The number of hydrogen-bond donors (Lipinski definition) is 0. The molecule has 0 amide bonds. The Labute approximate surface area is 114 Å². The van der Waals surface area contributed by atoms with Crippen LogP contribution in [0.2, 0.25) is 0 Å². The summed E-state index contributed by atoms with van der Waals surface area (Å²) in [7, 11) is 0. The molecule has 1 aromatic carbocycles. The minimum Gasteiger partial charge on any atom is -0.494 e. The number of ether oxygens (including phenoxy) is 1. The zero-order chi connectivity index (χ0) is 13.2. The summed E-state index contributed by atoms with van der Waals surface area (Å²) >= 11 is 1.73. The molecule has 0 atom stereocenters. The Morgan fingerprint density at radius 3 is 2.50 bits per heavy atom. The Morgan fingerprint density at radius 1 is 1.17 bits per heavy atom. The number of hydrogen-bond acceptors (Lipinski definition) is 3. The van der Waals surface area contributed by atoms with Gasteiger partial charge in [-0.05, 0) is 43.4 Å². The summed E-state index contributed by atoms with van der Waals surface area (Å²) in [5.74, 6) is 2.69. The van der Waals surface area contributed by atoms with Crippen molar-refractivity contribution in [1.29, 1.82) is 0 Å². The number of ketones is 1. The summed E-state index contributed by atoms with van der Waals surface area (Å²) in [6.45, 7) is 4.79. The molecule has 1 rings (SSSR count). The third kappa shape index (κ3) is 5.58. The molecule has 0 bridgehead atoms. The highest BCUT2D eigenvalue weighted by Gasteiger charge is 2.05. The predicted molar refractivity (Wildman–Crippen MR) is 78.8 cm³/mol. The highest BCUT2D eigenvalue weighted by atomic mass is 32.2. The maximum absolute atomic E-state index is 11.9. The molecule has 0 saturated heterocycles. The van der Waals surface area contributed by atoms with E-state index in [1.54, 1.807) is 11.8 Å². The van der Waals surface area contributed by atoms with Gasteiger partial charge in [-0.2, -0.15) is 11.8 Å². The van der Waals surface area contributed by atoms with E-state index in [9.17, 15) is 4.79 Å². The van der Waals surface area contributed by atoms with Crippen LogP contribution in [0, 0.1) is 0 Å². The van der Waals surface area contributed by atoms with Crippen LogP contribution < -0.4 is 4.74 Å². The zero-order valence-electron chi connectivity index (χ0n) is 11.3. The van der Waals surface area contributed by atoms with E-state index in [1.165, 1.54) is 19.3 Å². The molecule has 0 spiro atoms. The Kier molecular flexibility index (Phi) is 7.58. The number of unbranched alkanes of at least 4 members (excludes halogenated alkanes) is 2. The molecule has 0 fully saturated rings. The summed E-state index contributed by atoms with van der Waals surface area (Å²) in [5, 5.41) is 0. The van der Waals surface area contributed by atoms with Crippen molar-refractivity contribution in [1.82, 2.24) is 0 Å². The van der Waals surface area contributed by atoms with Crippen LogP contribution in [-0.2, 0) is 0 Å². The highest BCUT2D eigenvalue weighted by Crippen LogP contribution is 2.15. The summed E-state index contributed by atoms with van der Waals surface area (Å²) in [6.07, 6.45) is 3.69. The quantitative estimate of drug-likeness (QED) is 0.495. The highest BCUT2D eigenvalue weighted by molar-refractivity contribution is 7.99. The van der Waals surface area contributed by atoms with Crippen LogP contribution in [0.5, 0.6) is 5.75 Å². The molecule has 2 nitrogen and oxygen atoms in total. The van der Waals surface area contributed by atoms with E-state index >= 15 is 0 Å². The number of benzene rings is 1. The van der Waals surface area contributed by atoms with Crippen molar-refractivity contribution >= 4 is 17.5 Å². The summed E-state index contributed by atoms with van der Waals surface area (Å²) in [4.78, 5) is 11.9. The molecule has 0 heterocycles. The number of carbonyl (C=O) groups excluding carboxylic acids is 1. The van der Waals surface area contributed by atoms with E-state index in [0.29, 0.717) is 12.4 Å². The summed E-state index contributed by atoms with van der Waals surface area (Å²) < 4.78 is 5.35. The molecule has 100 valence electrons. The van der Waals surface area contributed by atoms with Gasteiger partial charge in [0.1, 0.15) is 5.75 Å². The van der Waals surface area contributed by atoms with Gasteiger partial charge in [-0.25, -0.2) is 0 Å². The second-order valence-electron chi connectivity index (χ2n) is 4.14. The Bertz CT molecular complexity index is 346. The summed E-state index contributed by atoms with van der Waals surface area (Å²) in [5.41, 5.74) is 0.779. The van der Waals surface area contributed by atoms with Crippen LogP contribution >= 0.6 is 11.8 Å². The number of carbonyl (C=O) groups is 1. The van der Waals surface area contributed by atoms with E-state index in [2.05, 4.69) is 6.92 Å². The topological polar surface area (TPSA) is 26.3 Å². The van der Waals surface area contributed by atoms with Crippen molar-refractivity contribution in [2.75, 3.05) is 18.1 Å². The normalized spacial score (nSPS) is 10.3. The van der Waals surface area contributed by atoms with Gasteiger partial charge in [-0.1, -0.05) is 19.8 Å². The molecular formula is C15H22O2S. The lowest BCUT2D eigenvalue weighted by Crippen LogP contribution is -2.03. The fourth-order valence-electron chi connectivity index (χ4n) is 1.61. The van der Waals surface area contributed by atoms with Crippen LogP contribution in [0.25, 0.3) is 0 Å². The van der Waals surface area contributed by atoms with Gasteiger partial charge in [-0.3, -0.25) is 4.79 Å². The third-order valence-corrected chi connectivity index (χ3v) is 3.66. The van der Waals surface area contributed by atoms with Crippen molar-refractivity contribution < 1.29 is 9.53 Å². The van der Waals surface area contributed by atoms with Crippen LogP contribution in [0.4, 0.5) is 0 Å². The van der Waals surface area contributed by atoms with Crippen molar-refractivity contribution in [3.05, 3.63) is 29.8 Å². The zero-order valence-corrected chi connectivity index (χ0v) is 12.1.